The summed E-state index contributed by atoms with van der Waals surface area (Å²) in [6, 6.07) is 9.81. The van der Waals surface area contributed by atoms with Gasteiger partial charge in [-0.1, -0.05) is 53.5 Å². The Morgan fingerprint density at radius 1 is 1.38 bits per heavy atom. The number of carbonyl (C=O) groups is 1. The van der Waals surface area contributed by atoms with E-state index in [1.807, 2.05) is 30.3 Å². The molecule has 9 heteroatoms. The molecule has 0 unspecified atom stereocenters. The zero-order chi connectivity index (χ0) is 16.4. The van der Waals surface area contributed by atoms with Crippen LogP contribution >= 0.6 is 23.2 Å². The van der Waals surface area contributed by atoms with Gasteiger partial charge in [0.25, 0.3) is 0 Å². The molecule has 7 nitrogen and oxygen atoms in total. The molecule has 0 aliphatic rings. The first-order valence-electron chi connectivity index (χ1n) is 5.69. The SMILES string of the molecule is CN(Cc1ccccc1)C(=N)NC(=N)N.O=C(O)C(Cl)Cl. The molecule has 0 spiro atoms. The third kappa shape index (κ3) is 9.53. The number of nitrogens with two attached hydrogens (primary N) is 1. The van der Waals surface area contributed by atoms with Crippen molar-refractivity contribution in [2.45, 2.75) is 11.4 Å². The fourth-order valence-corrected chi connectivity index (χ4v) is 1.16. The molecule has 0 aliphatic carbocycles. The van der Waals surface area contributed by atoms with Crippen LogP contribution in [0.5, 0.6) is 0 Å². The lowest BCUT2D eigenvalue weighted by Crippen LogP contribution is -2.43. The molecule has 0 aromatic heterocycles. The summed E-state index contributed by atoms with van der Waals surface area (Å²) >= 11 is 9.56. The van der Waals surface area contributed by atoms with Crippen molar-refractivity contribution in [1.29, 1.82) is 10.8 Å². The first-order valence-corrected chi connectivity index (χ1v) is 6.57. The van der Waals surface area contributed by atoms with Gasteiger partial charge in [0, 0.05) is 13.6 Å². The Kier molecular flexibility index (Phi) is 8.91. The van der Waals surface area contributed by atoms with Crippen molar-refractivity contribution in [3.8, 4) is 0 Å². The Morgan fingerprint density at radius 3 is 2.24 bits per heavy atom. The van der Waals surface area contributed by atoms with Crippen molar-refractivity contribution >= 4 is 41.1 Å². The fourth-order valence-electron chi connectivity index (χ4n) is 1.16. The quantitative estimate of drug-likeness (QED) is 0.325. The maximum atomic E-state index is 9.44. The topological polar surface area (TPSA) is 126 Å². The molecule has 1 aromatic carbocycles. The minimum Gasteiger partial charge on any atom is -0.479 e. The maximum Gasteiger partial charge on any atom is 0.337 e. The van der Waals surface area contributed by atoms with Crippen molar-refractivity contribution in [3.05, 3.63) is 35.9 Å². The van der Waals surface area contributed by atoms with E-state index in [4.69, 9.17) is 44.9 Å². The number of aliphatic carboxylic acids is 1. The van der Waals surface area contributed by atoms with Gasteiger partial charge in [0.2, 0.25) is 4.84 Å². The van der Waals surface area contributed by atoms with Crippen molar-refractivity contribution in [1.82, 2.24) is 10.2 Å². The number of guanidine groups is 2. The minimum absolute atomic E-state index is 0.117. The van der Waals surface area contributed by atoms with Crippen molar-refractivity contribution < 1.29 is 9.90 Å². The zero-order valence-corrected chi connectivity index (χ0v) is 12.8. The first kappa shape index (κ1) is 19.0. The van der Waals surface area contributed by atoms with Gasteiger partial charge < -0.3 is 15.7 Å². The minimum atomic E-state index is -1.29. The number of rotatable bonds is 3. The molecule has 0 bridgehead atoms. The van der Waals surface area contributed by atoms with Crippen LogP contribution in [0.15, 0.2) is 30.3 Å². The van der Waals surface area contributed by atoms with Crippen LogP contribution in [-0.4, -0.2) is 39.8 Å². The van der Waals surface area contributed by atoms with E-state index in [2.05, 4.69) is 5.32 Å². The lowest BCUT2D eigenvalue weighted by molar-refractivity contribution is -0.135. The van der Waals surface area contributed by atoms with Crippen LogP contribution in [0.3, 0.4) is 0 Å². The van der Waals surface area contributed by atoms with E-state index in [1.165, 1.54) is 0 Å². The molecular weight excluding hydrogens is 317 g/mol. The smallest absolute Gasteiger partial charge is 0.337 e. The molecule has 1 rings (SSSR count). The monoisotopic (exact) mass is 333 g/mol. The Labute approximate surface area is 132 Å². The molecule has 0 saturated heterocycles. The molecule has 6 N–H and O–H groups in total. The summed E-state index contributed by atoms with van der Waals surface area (Å²) in [6.07, 6.45) is 0. The van der Waals surface area contributed by atoms with E-state index < -0.39 is 10.8 Å². The second kappa shape index (κ2) is 9.84. The van der Waals surface area contributed by atoms with Crippen LogP contribution in [-0.2, 0) is 11.3 Å². The highest BCUT2D eigenvalue weighted by molar-refractivity contribution is 6.52. The Balaban J connectivity index is 0.000000567. The predicted molar refractivity (Wildman–Crippen MR) is 83.8 cm³/mol. The van der Waals surface area contributed by atoms with Crippen LogP contribution in [0.2, 0.25) is 0 Å². The summed E-state index contributed by atoms with van der Waals surface area (Å²) in [4.78, 5) is 9.83. The summed E-state index contributed by atoms with van der Waals surface area (Å²) < 4.78 is 0. The van der Waals surface area contributed by atoms with E-state index in [-0.39, 0.29) is 11.9 Å². The molecule has 0 radical (unpaired) electrons. The molecule has 21 heavy (non-hydrogen) atoms. The summed E-state index contributed by atoms with van der Waals surface area (Å²) in [5.74, 6) is -1.32. The maximum absolute atomic E-state index is 9.44. The van der Waals surface area contributed by atoms with Crippen LogP contribution < -0.4 is 11.1 Å². The number of hydrogen-bond acceptors (Lipinski definition) is 3. The number of benzene rings is 1. The summed E-state index contributed by atoms with van der Waals surface area (Å²) in [6.45, 7) is 0.611. The Morgan fingerprint density at radius 2 is 1.86 bits per heavy atom. The van der Waals surface area contributed by atoms with Gasteiger partial charge in [-0.05, 0) is 5.56 Å². The second-order valence-corrected chi connectivity index (χ2v) is 4.96. The molecule has 0 aliphatic heterocycles. The fraction of sp³-hybridized carbons (Fsp3) is 0.250. The number of nitrogens with zero attached hydrogens (tertiary/aromatic N) is 1. The molecule has 0 heterocycles. The molecule has 116 valence electrons. The third-order valence-electron chi connectivity index (χ3n) is 2.08. The Hall–Kier alpha value is -1.99. The van der Waals surface area contributed by atoms with Gasteiger partial charge in [-0.15, -0.1) is 0 Å². The average molecular weight is 334 g/mol. The van der Waals surface area contributed by atoms with Crippen molar-refractivity contribution in [3.63, 3.8) is 0 Å². The van der Waals surface area contributed by atoms with E-state index in [0.29, 0.717) is 6.54 Å². The van der Waals surface area contributed by atoms with Gasteiger partial charge in [0.05, 0.1) is 0 Å². The van der Waals surface area contributed by atoms with E-state index >= 15 is 0 Å². The van der Waals surface area contributed by atoms with Gasteiger partial charge in [-0.3, -0.25) is 16.1 Å². The highest BCUT2D eigenvalue weighted by atomic mass is 35.5. The molecule has 0 amide bonds. The van der Waals surface area contributed by atoms with E-state index in [1.54, 1.807) is 11.9 Å². The summed E-state index contributed by atoms with van der Waals surface area (Å²) in [5, 5.41) is 24.7. The van der Waals surface area contributed by atoms with Crippen LogP contribution in [0, 0.1) is 10.8 Å². The van der Waals surface area contributed by atoms with Gasteiger partial charge in [0.15, 0.2) is 11.9 Å². The average Bonchev–Trinajstić information content (AvgIpc) is 2.39. The molecule has 0 saturated carbocycles. The van der Waals surface area contributed by atoms with Crippen molar-refractivity contribution in [2.75, 3.05) is 7.05 Å². The lowest BCUT2D eigenvalue weighted by atomic mass is 10.2. The first-order chi connectivity index (χ1) is 9.73. The Bertz CT molecular complexity index is 482. The molecule has 1 aromatic rings. The molecular formula is C12H17Cl2N5O2. The third-order valence-corrected chi connectivity index (χ3v) is 2.46. The number of carboxylic acid groups (broad SMARTS) is 1. The lowest BCUT2D eigenvalue weighted by Gasteiger charge is -2.20. The number of alkyl halides is 2. The highest BCUT2D eigenvalue weighted by Crippen LogP contribution is 2.01. The van der Waals surface area contributed by atoms with Crippen LogP contribution in [0.1, 0.15) is 5.56 Å². The van der Waals surface area contributed by atoms with Crippen LogP contribution in [0.4, 0.5) is 0 Å². The molecule has 0 atom stereocenters. The summed E-state index contributed by atoms with van der Waals surface area (Å²) in [7, 11) is 1.77. The zero-order valence-electron chi connectivity index (χ0n) is 11.3. The second-order valence-electron chi connectivity index (χ2n) is 3.87. The van der Waals surface area contributed by atoms with Gasteiger partial charge in [-0.25, -0.2) is 4.79 Å². The van der Waals surface area contributed by atoms with E-state index in [9.17, 15) is 4.79 Å². The standard InChI is InChI=1S/C10H15N5.C2H2Cl2O2/c1-15(10(13)14-9(11)12)7-8-5-3-2-4-6-8;3-1(4)2(5)6/h2-6H,7H2,1H3,(H5,11,12,13,14);1H,(H,5,6). The molecule has 0 fully saturated rings. The predicted octanol–water partition coefficient (Wildman–Crippen LogP) is 1.41. The van der Waals surface area contributed by atoms with E-state index in [0.717, 1.165) is 5.56 Å². The number of nitrogens with one attached hydrogen (secondary N) is 3. The summed E-state index contributed by atoms with van der Waals surface area (Å²) in [5.41, 5.74) is 6.24. The largest absolute Gasteiger partial charge is 0.479 e. The normalized spacial score (nSPS) is 9.33. The van der Waals surface area contributed by atoms with Crippen LogP contribution in [0.25, 0.3) is 0 Å². The van der Waals surface area contributed by atoms with Gasteiger partial charge in [-0.2, -0.15) is 0 Å². The van der Waals surface area contributed by atoms with Gasteiger partial charge >= 0.3 is 5.97 Å². The van der Waals surface area contributed by atoms with Gasteiger partial charge in [0.1, 0.15) is 0 Å². The highest BCUT2D eigenvalue weighted by Gasteiger charge is 2.05. The number of halogens is 2. The van der Waals surface area contributed by atoms with Crippen molar-refractivity contribution in [2.24, 2.45) is 5.73 Å². The number of carboxylic acids is 1. The number of hydrogen-bond donors (Lipinski definition) is 5.